The first kappa shape index (κ1) is 19.7. The molecule has 3 aromatic rings. The summed E-state index contributed by atoms with van der Waals surface area (Å²) < 4.78 is 16.3. The molecule has 0 saturated heterocycles. The summed E-state index contributed by atoms with van der Waals surface area (Å²) in [4.78, 5) is 16.6. The van der Waals surface area contributed by atoms with Crippen LogP contribution in [0.1, 0.15) is 16.7 Å². The van der Waals surface area contributed by atoms with Crippen molar-refractivity contribution >= 4 is 29.5 Å². The Morgan fingerprint density at radius 3 is 2.57 bits per heavy atom. The van der Waals surface area contributed by atoms with Crippen molar-refractivity contribution < 1.29 is 19.0 Å². The molecule has 0 unspecified atom stereocenters. The number of ether oxygens (including phenoxy) is 3. The predicted molar refractivity (Wildman–Crippen MR) is 116 cm³/mol. The highest BCUT2D eigenvalue weighted by atomic mass is 35.5. The monoisotopic (exact) mass is 419 g/mol. The summed E-state index contributed by atoms with van der Waals surface area (Å²) in [5.74, 6) is 1.14. The van der Waals surface area contributed by atoms with Gasteiger partial charge in [0.05, 0.1) is 7.11 Å². The third-order valence-electron chi connectivity index (χ3n) is 4.47. The maximum absolute atomic E-state index is 12.2. The van der Waals surface area contributed by atoms with Gasteiger partial charge in [-0.1, -0.05) is 41.9 Å². The van der Waals surface area contributed by atoms with Gasteiger partial charge >= 0.3 is 5.97 Å². The van der Waals surface area contributed by atoms with E-state index in [2.05, 4.69) is 4.99 Å². The van der Waals surface area contributed by atoms with Gasteiger partial charge in [0.1, 0.15) is 18.1 Å². The lowest BCUT2D eigenvalue weighted by Gasteiger charge is -2.08. The Bertz CT molecular complexity index is 1140. The highest BCUT2D eigenvalue weighted by molar-refractivity contribution is 6.31. The van der Waals surface area contributed by atoms with Gasteiger partial charge in [-0.05, 0) is 54.1 Å². The van der Waals surface area contributed by atoms with Crippen LogP contribution < -0.4 is 9.47 Å². The number of hydrogen-bond donors (Lipinski definition) is 0. The maximum atomic E-state index is 12.2. The minimum absolute atomic E-state index is 0.226. The Balaban J connectivity index is 1.51. The molecule has 0 fully saturated rings. The highest BCUT2D eigenvalue weighted by Crippen LogP contribution is 2.23. The van der Waals surface area contributed by atoms with Crippen molar-refractivity contribution in [2.75, 3.05) is 7.11 Å². The van der Waals surface area contributed by atoms with Crippen LogP contribution in [-0.2, 0) is 16.1 Å². The van der Waals surface area contributed by atoms with Crippen molar-refractivity contribution in [1.82, 2.24) is 0 Å². The molecule has 150 valence electrons. The Morgan fingerprint density at radius 2 is 1.80 bits per heavy atom. The Morgan fingerprint density at radius 1 is 1.00 bits per heavy atom. The van der Waals surface area contributed by atoms with Crippen molar-refractivity contribution in [2.45, 2.75) is 6.61 Å². The second-order valence-corrected chi connectivity index (χ2v) is 6.92. The lowest BCUT2D eigenvalue weighted by molar-refractivity contribution is -0.129. The number of hydrogen-bond acceptors (Lipinski definition) is 5. The first-order chi connectivity index (χ1) is 14.6. The summed E-state index contributed by atoms with van der Waals surface area (Å²) in [7, 11) is 1.59. The lowest BCUT2D eigenvalue weighted by atomic mass is 10.2. The topological polar surface area (TPSA) is 57.1 Å². The van der Waals surface area contributed by atoms with Gasteiger partial charge in [-0.3, -0.25) is 0 Å². The molecule has 30 heavy (non-hydrogen) atoms. The molecule has 1 heterocycles. The van der Waals surface area contributed by atoms with Crippen LogP contribution in [-0.4, -0.2) is 19.0 Å². The zero-order valence-corrected chi connectivity index (χ0v) is 16.9. The molecule has 0 amide bonds. The predicted octanol–water partition coefficient (Wildman–Crippen LogP) is 5.27. The van der Waals surface area contributed by atoms with Crippen LogP contribution in [0.25, 0.3) is 6.08 Å². The Kier molecular flexibility index (Phi) is 5.82. The zero-order chi connectivity index (χ0) is 20.9. The molecule has 0 aromatic heterocycles. The van der Waals surface area contributed by atoms with Crippen molar-refractivity contribution in [2.24, 2.45) is 4.99 Å². The standard InChI is InChI=1S/C24H18ClNO4/c1-28-19-11-9-17(10-12-19)23-26-22(24(27)30-23)14-16-5-4-7-20(13-16)29-15-18-6-2-3-8-21(18)25/h2-14H,15H2,1H3/b22-14+. The molecule has 0 atom stereocenters. The van der Waals surface area contributed by atoms with E-state index >= 15 is 0 Å². The average molecular weight is 420 g/mol. The minimum atomic E-state index is -0.497. The third kappa shape index (κ3) is 4.53. The molecule has 0 spiro atoms. The number of rotatable bonds is 6. The van der Waals surface area contributed by atoms with Crippen molar-refractivity contribution in [3.63, 3.8) is 0 Å². The van der Waals surface area contributed by atoms with Crippen LogP contribution in [0.5, 0.6) is 11.5 Å². The number of cyclic esters (lactones) is 1. The van der Waals surface area contributed by atoms with E-state index in [1.165, 1.54) is 0 Å². The second kappa shape index (κ2) is 8.84. The third-order valence-corrected chi connectivity index (χ3v) is 4.84. The fraction of sp³-hybridized carbons (Fsp3) is 0.0833. The van der Waals surface area contributed by atoms with Crippen molar-refractivity contribution in [3.8, 4) is 11.5 Å². The SMILES string of the molecule is COc1ccc(C2=N/C(=C/c3cccc(OCc4ccccc4Cl)c3)C(=O)O2)cc1. The van der Waals surface area contributed by atoms with Crippen LogP contribution in [0.4, 0.5) is 0 Å². The van der Waals surface area contributed by atoms with Crippen LogP contribution >= 0.6 is 11.6 Å². The first-order valence-electron chi connectivity index (χ1n) is 9.25. The molecule has 0 N–H and O–H groups in total. The van der Waals surface area contributed by atoms with Gasteiger partial charge in [-0.2, -0.15) is 0 Å². The van der Waals surface area contributed by atoms with Gasteiger partial charge in [0, 0.05) is 16.1 Å². The molecule has 0 bridgehead atoms. The molecular weight excluding hydrogens is 402 g/mol. The highest BCUT2D eigenvalue weighted by Gasteiger charge is 2.24. The first-order valence-corrected chi connectivity index (χ1v) is 9.63. The summed E-state index contributed by atoms with van der Waals surface area (Å²) in [6.07, 6.45) is 1.67. The van der Waals surface area contributed by atoms with E-state index in [1.54, 1.807) is 37.5 Å². The molecule has 1 aliphatic rings. The Hall–Kier alpha value is -3.57. The largest absolute Gasteiger partial charge is 0.497 e. The quantitative estimate of drug-likeness (QED) is 0.403. The number of aliphatic imine (C=N–C) groups is 1. The van der Waals surface area contributed by atoms with E-state index in [9.17, 15) is 4.79 Å². The zero-order valence-electron chi connectivity index (χ0n) is 16.2. The van der Waals surface area contributed by atoms with Crippen molar-refractivity contribution in [1.29, 1.82) is 0 Å². The van der Waals surface area contributed by atoms with Gasteiger partial charge < -0.3 is 14.2 Å². The van der Waals surface area contributed by atoms with E-state index in [0.29, 0.717) is 28.7 Å². The number of carbonyl (C=O) groups is 1. The average Bonchev–Trinajstić information content (AvgIpc) is 3.13. The van der Waals surface area contributed by atoms with Crippen LogP contribution in [0.15, 0.2) is 83.5 Å². The molecule has 0 aliphatic carbocycles. The van der Waals surface area contributed by atoms with Gasteiger partial charge in [-0.15, -0.1) is 0 Å². The number of methoxy groups -OCH3 is 1. The van der Waals surface area contributed by atoms with E-state index in [1.807, 2.05) is 48.5 Å². The lowest BCUT2D eigenvalue weighted by Crippen LogP contribution is -2.05. The molecule has 3 aromatic carbocycles. The molecular formula is C24H18ClNO4. The number of esters is 1. The van der Waals surface area contributed by atoms with Gasteiger partial charge in [0.2, 0.25) is 5.90 Å². The summed E-state index contributed by atoms with van der Waals surface area (Å²) in [6.45, 7) is 0.349. The number of halogens is 1. The Labute approximate surface area is 179 Å². The van der Waals surface area contributed by atoms with Crippen LogP contribution in [0.3, 0.4) is 0 Å². The van der Waals surface area contributed by atoms with E-state index in [-0.39, 0.29) is 11.6 Å². The summed E-state index contributed by atoms with van der Waals surface area (Å²) in [5.41, 5.74) is 2.60. The summed E-state index contributed by atoms with van der Waals surface area (Å²) in [6, 6.07) is 22.1. The van der Waals surface area contributed by atoms with E-state index in [4.69, 9.17) is 25.8 Å². The van der Waals surface area contributed by atoms with Gasteiger partial charge in [-0.25, -0.2) is 9.79 Å². The maximum Gasteiger partial charge on any atom is 0.363 e. The normalized spacial score (nSPS) is 14.4. The number of nitrogens with zero attached hydrogens (tertiary/aromatic N) is 1. The second-order valence-electron chi connectivity index (χ2n) is 6.52. The number of carbonyl (C=O) groups excluding carboxylic acids is 1. The van der Waals surface area contributed by atoms with E-state index < -0.39 is 5.97 Å². The van der Waals surface area contributed by atoms with Crippen molar-refractivity contribution in [3.05, 3.63) is 100 Å². The summed E-state index contributed by atoms with van der Waals surface area (Å²) >= 11 is 6.17. The smallest absolute Gasteiger partial charge is 0.363 e. The molecule has 6 heteroatoms. The van der Waals surface area contributed by atoms with Gasteiger partial charge in [0.25, 0.3) is 0 Å². The van der Waals surface area contributed by atoms with Crippen LogP contribution in [0, 0.1) is 0 Å². The minimum Gasteiger partial charge on any atom is -0.497 e. The molecule has 5 nitrogen and oxygen atoms in total. The summed E-state index contributed by atoms with van der Waals surface area (Å²) in [5, 5.41) is 0.657. The molecule has 1 aliphatic heterocycles. The van der Waals surface area contributed by atoms with Crippen LogP contribution in [0.2, 0.25) is 5.02 Å². The fourth-order valence-corrected chi connectivity index (χ4v) is 3.09. The van der Waals surface area contributed by atoms with Gasteiger partial charge in [0.15, 0.2) is 5.70 Å². The molecule has 0 radical (unpaired) electrons. The fourth-order valence-electron chi connectivity index (χ4n) is 2.89. The molecule has 0 saturated carbocycles. The number of benzene rings is 3. The molecule has 4 rings (SSSR count). The van der Waals surface area contributed by atoms with E-state index in [0.717, 1.165) is 11.1 Å².